The van der Waals surface area contributed by atoms with Crippen LogP contribution < -0.4 is 10.2 Å². The van der Waals surface area contributed by atoms with Crippen molar-refractivity contribution in [1.29, 1.82) is 0 Å². The summed E-state index contributed by atoms with van der Waals surface area (Å²) in [6.07, 6.45) is 0. The molecule has 1 aliphatic rings. The predicted octanol–water partition coefficient (Wildman–Crippen LogP) is 2.92. The molecule has 0 saturated carbocycles. The highest BCUT2D eigenvalue weighted by molar-refractivity contribution is 6.31. The molecule has 3 rings (SSSR count). The number of carbonyl (C=O) groups is 1. The van der Waals surface area contributed by atoms with Gasteiger partial charge in [0.2, 0.25) is 5.91 Å². The van der Waals surface area contributed by atoms with Crippen molar-refractivity contribution in [2.75, 3.05) is 44.8 Å². The minimum absolute atomic E-state index is 0.0127. The van der Waals surface area contributed by atoms with Crippen molar-refractivity contribution in [2.24, 2.45) is 0 Å². The second-order valence-electron chi connectivity index (χ2n) is 6.77. The largest absolute Gasteiger partial charge is 0.378 e. The van der Waals surface area contributed by atoms with Crippen LogP contribution in [0.2, 0.25) is 5.02 Å². The van der Waals surface area contributed by atoms with Crippen LogP contribution in [-0.2, 0) is 22.6 Å². The normalized spacial score (nSPS) is 14.4. The number of carbonyl (C=O) groups excluding carboxylic acids is 1. The summed E-state index contributed by atoms with van der Waals surface area (Å²) in [4.78, 5) is 16.7. The maximum absolute atomic E-state index is 12.3. The molecule has 1 amide bonds. The number of ether oxygens (including phenoxy) is 1. The van der Waals surface area contributed by atoms with E-state index in [1.165, 1.54) is 11.3 Å². The highest BCUT2D eigenvalue weighted by Gasteiger charge is 2.16. The minimum atomic E-state index is -0.0127. The summed E-state index contributed by atoms with van der Waals surface area (Å²) in [7, 11) is 1.96. The summed E-state index contributed by atoms with van der Waals surface area (Å²) in [6.45, 7) is 4.81. The van der Waals surface area contributed by atoms with E-state index in [9.17, 15) is 4.79 Å². The number of nitrogens with one attached hydrogen (secondary N) is 1. The van der Waals surface area contributed by atoms with E-state index < -0.39 is 0 Å². The lowest BCUT2D eigenvalue weighted by molar-refractivity contribution is -0.122. The van der Waals surface area contributed by atoms with E-state index in [0.29, 0.717) is 24.7 Å². The van der Waals surface area contributed by atoms with Gasteiger partial charge in [0.1, 0.15) is 0 Å². The van der Waals surface area contributed by atoms with E-state index in [1.54, 1.807) is 0 Å². The molecule has 0 aliphatic carbocycles. The fourth-order valence-corrected chi connectivity index (χ4v) is 3.44. The van der Waals surface area contributed by atoms with E-state index in [2.05, 4.69) is 28.4 Å². The molecule has 1 fully saturated rings. The molecule has 27 heavy (non-hydrogen) atoms. The molecule has 144 valence electrons. The first-order valence-electron chi connectivity index (χ1n) is 9.23. The Morgan fingerprint density at radius 3 is 2.52 bits per heavy atom. The van der Waals surface area contributed by atoms with E-state index in [1.807, 2.05) is 42.3 Å². The summed E-state index contributed by atoms with van der Waals surface area (Å²) in [5, 5.41) is 3.61. The van der Waals surface area contributed by atoms with E-state index >= 15 is 0 Å². The second-order valence-corrected chi connectivity index (χ2v) is 7.18. The van der Waals surface area contributed by atoms with Crippen molar-refractivity contribution in [1.82, 2.24) is 10.2 Å². The molecule has 1 N–H and O–H groups in total. The Morgan fingerprint density at radius 1 is 1.11 bits per heavy atom. The SMILES string of the molecule is CN(CC(=O)NCc1ccccc1Cl)Cc1ccccc1N1CCOCC1. The highest BCUT2D eigenvalue weighted by atomic mass is 35.5. The second kappa shape index (κ2) is 9.74. The van der Waals surface area contributed by atoms with E-state index in [0.717, 1.165) is 31.9 Å². The average Bonchev–Trinajstić information content (AvgIpc) is 2.68. The number of rotatable bonds is 7. The third-order valence-electron chi connectivity index (χ3n) is 4.63. The van der Waals surface area contributed by atoms with Crippen molar-refractivity contribution in [3.05, 3.63) is 64.7 Å². The zero-order valence-electron chi connectivity index (χ0n) is 15.7. The number of hydrogen-bond donors (Lipinski definition) is 1. The molecule has 6 heteroatoms. The summed E-state index contributed by atoms with van der Waals surface area (Å²) in [6, 6.07) is 15.9. The van der Waals surface area contributed by atoms with Gasteiger partial charge in [0.05, 0.1) is 19.8 Å². The zero-order valence-corrected chi connectivity index (χ0v) is 16.4. The van der Waals surface area contributed by atoms with Crippen LogP contribution >= 0.6 is 11.6 Å². The maximum Gasteiger partial charge on any atom is 0.234 e. The summed E-state index contributed by atoms with van der Waals surface area (Å²) < 4.78 is 5.45. The summed E-state index contributed by atoms with van der Waals surface area (Å²) in [5.74, 6) is -0.0127. The number of anilines is 1. The lowest BCUT2D eigenvalue weighted by atomic mass is 10.1. The monoisotopic (exact) mass is 387 g/mol. The Labute approximate surface area is 165 Å². The molecule has 0 unspecified atom stereocenters. The first kappa shape index (κ1) is 19.7. The molecule has 0 atom stereocenters. The Bertz CT molecular complexity index is 763. The van der Waals surface area contributed by atoms with Crippen LogP contribution in [0.25, 0.3) is 0 Å². The summed E-state index contributed by atoms with van der Waals surface area (Å²) >= 11 is 6.14. The Balaban J connectivity index is 1.54. The third kappa shape index (κ3) is 5.70. The number of hydrogen-bond acceptors (Lipinski definition) is 4. The first-order valence-corrected chi connectivity index (χ1v) is 9.60. The maximum atomic E-state index is 12.3. The Hall–Kier alpha value is -2.08. The van der Waals surface area contributed by atoms with Crippen molar-refractivity contribution < 1.29 is 9.53 Å². The van der Waals surface area contributed by atoms with Gasteiger partial charge in [-0.25, -0.2) is 0 Å². The van der Waals surface area contributed by atoms with Crippen molar-refractivity contribution in [3.63, 3.8) is 0 Å². The molecule has 5 nitrogen and oxygen atoms in total. The molecule has 0 bridgehead atoms. The molecular formula is C21H26ClN3O2. The van der Waals surface area contributed by atoms with Gasteiger partial charge in [-0.2, -0.15) is 0 Å². The van der Waals surface area contributed by atoms with Crippen molar-refractivity contribution in [3.8, 4) is 0 Å². The fourth-order valence-electron chi connectivity index (χ4n) is 3.24. The molecule has 1 aliphatic heterocycles. The van der Waals surface area contributed by atoms with Gasteiger partial charge in [0.15, 0.2) is 0 Å². The quantitative estimate of drug-likeness (QED) is 0.793. The standard InChI is InChI=1S/C21H26ClN3O2/c1-24(16-21(26)23-14-17-6-2-4-8-19(17)22)15-18-7-3-5-9-20(18)25-10-12-27-13-11-25/h2-9H,10-16H2,1H3,(H,23,26). The van der Waals surface area contributed by atoms with Gasteiger partial charge in [0, 0.05) is 36.9 Å². The Morgan fingerprint density at radius 2 is 1.78 bits per heavy atom. The first-order chi connectivity index (χ1) is 13.1. The van der Waals surface area contributed by atoms with Gasteiger partial charge in [0.25, 0.3) is 0 Å². The molecule has 0 spiro atoms. The van der Waals surface area contributed by atoms with Gasteiger partial charge in [-0.05, 0) is 30.3 Å². The van der Waals surface area contributed by atoms with Crippen molar-refractivity contribution in [2.45, 2.75) is 13.1 Å². The molecular weight excluding hydrogens is 362 g/mol. The van der Waals surface area contributed by atoms with Gasteiger partial charge < -0.3 is 15.0 Å². The van der Waals surface area contributed by atoms with Crippen LogP contribution in [0.4, 0.5) is 5.69 Å². The zero-order chi connectivity index (χ0) is 19.1. The molecule has 2 aromatic carbocycles. The van der Waals surface area contributed by atoms with Gasteiger partial charge in [-0.3, -0.25) is 9.69 Å². The lowest BCUT2D eigenvalue weighted by Gasteiger charge is -2.31. The number of benzene rings is 2. The number of para-hydroxylation sites is 1. The number of morpholine rings is 1. The van der Waals surface area contributed by atoms with Gasteiger partial charge in [-0.15, -0.1) is 0 Å². The molecule has 0 radical (unpaired) electrons. The van der Waals surface area contributed by atoms with Crippen LogP contribution in [0, 0.1) is 0 Å². The Kier molecular flexibility index (Phi) is 7.10. The fraction of sp³-hybridized carbons (Fsp3) is 0.381. The van der Waals surface area contributed by atoms with E-state index in [-0.39, 0.29) is 5.91 Å². The number of nitrogens with zero attached hydrogens (tertiary/aromatic N) is 2. The lowest BCUT2D eigenvalue weighted by Crippen LogP contribution is -2.38. The van der Waals surface area contributed by atoms with Crippen molar-refractivity contribution >= 4 is 23.2 Å². The van der Waals surface area contributed by atoms with Crippen LogP contribution in [-0.4, -0.2) is 50.7 Å². The predicted molar refractivity (Wildman–Crippen MR) is 109 cm³/mol. The minimum Gasteiger partial charge on any atom is -0.378 e. The smallest absolute Gasteiger partial charge is 0.234 e. The number of amides is 1. The highest BCUT2D eigenvalue weighted by Crippen LogP contribution is 2.22. The van der Waals surface area contributed by atoms with Crippen LogP contribution in [0.15, 0.2) is 48.5 Å². The molecule has 1 heterocycles. The number of halogens is 1. The topological polar surface area (TPSA) is 44.8 Å². The van der Waals surface area contributed by atoms with Crippen LogP contribution in [0.1, 0.15) is 11.1 Å². The average molecular weight is 388 g/mol. The van der Waals surface area contributed by atoms with Gasteiger partial charge >= 0.3 is 0 Å². The molecule has 1 saturated heterocycles. The molecule has 2 aromatic rings. The van der Waals surface area contributed by atoms with E-state index in [4.69, 9.17) is 16.3 Å². The third-order valence-corrected chi connectivity index (χ3v) is 5.00. The van der Waals surface area contributed by atoms with Crippen LogP contribution in [0.3, 0.4) is 0 Å². The van der Waals surface area contributed by atoms with Crippen LogP contribution in [0.5, 0.6) is 0 Å². The molecule has 0 aromatic heterocycles. The summed E-state index contributed by atoms with van der Waals surface area (Å²) in [5.41, 5.74) is 3.37. The number of likely N-dealkylation sites (N-methyl/N-ethyl adjacent to an activating group) is 1. The van der Waals surface area contributed by atoms with Gasteiger partial charge in [-0.1, -0.05) is 48.0 Å².